The minimum Gasteiger partial charge on any atom is -0.380 e. The SMILES string of the molecule is O=C(CCCN1CC2CN(c3ccc(Cl)cc3)CC2C1)N1CC[C@H](Nc2ccc([N+](=O)[O-])c(C(F)(F)F)c2)C1. The molecule has 5 rings (SSSR count). The van der Waals surface area contributed by atoms with Gasteiger partial charge in [0.1, 0.15) is 5.56 Å². The third-order valence-corrected chi connectivity index (χ3v) is 8.28. The van der Waals surface area contributed by atoms with E-state index in [1.165, 1.54) is 11.8 Å². The lowest BCUT2D eigenvalue weighted by molar-refractivity contribution is -0.388. The van der Waals surface area contributed by atoms with E-state index in [-0.39, 0.29) is 17.6 Å². The summed E-state index contributed by atoms with van der Waals surface area (Å²) in [6.07, 6.45) is -3.03. The highest BCUT2D eigenvalue weighted by atomic mass is 35.5. The number of alkyl halides is 3. The molecule has 3 aliphatic rings. The normalized spacial score (nSPS) is 23.3. The van der Waals surface area contributed by atoms with Crippen molar-refractivity contribution >= 4 is 34.6 Å². The molecule has 0 aromatic heterocycles. The maximum atomic E-state index is 13.3. The van der Waals surface area contributed by atoms with Gasteiger partial charge in [0.05, 0.1) is 4.92 Å². The molecule has 39 heavy (non-hydrogen) atoms. The monoisotopic (exact) mass is 565 g/mol. The van der Waals surface area contributed by atoms with Gasteiger partial charge in [-0.05, 0) is 67.6 Å². The van der Waals surface area contributed by atoms with Crippen LogP contribution in [0.2, 0.25) is 5.02 Å². The predicted octanol–water partition coefficient (Wildman–Crippen LogP) is 5.13. The van der Waals surface area contributed by atoms with Gasteiger partial charge in [0.15, 0.2) is 0 Å². The Morgan fingerprint density at radius 1 is 1.05 bits per heavy atom. The van der Waals surface area contributed by atoms with Crippen molar-refractivity contribution in [1.82, 2.24) is 9.80 Å². The number of nitro groups is 1. The van der Waals surface area contributed by atoms with E-state index in [0.717, 1.165) is 56.3 Å². The minimum absolute atomic E-state index is 0.0484. The summed E-state index contributed by atoms with van der Waals surface area (Å²) < 4.78 is 39.8. The fourth-order valence-electron chi connectivity index (χ4n) is 6.10. The van der Waals surface area contributed by atoms with Gasteiger partial charge < -0.3 is 20.0 Å². The second kappa shape index (κ2) is 11.2. The Labute approximate surface area is 229 Å². The number of hydrogen-bond donors (Lipinski definition) is 1. The lowest BCUT2D eigenvalue weighted by Gasteiger charge is -2.23. The molecule has 0 radical (unpaired) electrons. The van der Waals surface area contributed by atoms with Crippen molar-refractivity contribution in [3.63, 3.8) is 0 Å². The van der Waals surface area contributed by atoms with E-state index >= 15 is 0 Å². The van der Waals surface area contributed by atoms with E-state index in [0.29, 0.717) is 37.8 Å². The van der Waals surface area contributed by atoms with Gasteiger partial charge in [-0.3, -0.25) is 14.9 Å². The third-order valence-electron chi connectivity index (χ3n) is 8.03. The van der Waals surface area contributed by atoms with E-state index in [1.807, 2.05) is 12.1 Å². The van der Waals surface area contributed by atoms with Crippen LogP contribution in [0, 0.1) is 22.0 Å². The Balaban J connectivity index is 1.04. The summed E-state index contributed by atoms with van der Waals surface area (Å²) >= 11 is 6.01. The Kier molecular flexibility index (Phi) is 7.91. The molecule has 2 aromatic rings. The second-order valence-electron chi connectivity index (χ2n) is 10.7. The highest BCUT2D eigenvalue weighted by molar-refractivity contribution is 6.30. The smallest absolute Gasteiger partial charge is 0.380 e. The first-order valence-electron chi connectivity index (χ1n) is 13.2. The predicted molar refractivity (Wildman–Crippen MR) is 143 cm³/mol. The molecule has 3 atom stereocenters. The standard InChI is InChI=1S/C27H31ClF3N5O3/c28-20-3-6-23(7-4-20)35-15-18-13-33(14-19(18)16-35)10-1-2-26(37)34-11-9-22(17-34)32-21-5-8-25(36(38)39)24(12-21)27(29,30)31/h3-8,12,18-19,22,32H,1-2,9-11,13-17H2/t18?,19?,22-/m0/s1. The number of nitrogens with zero attached hydrogens (tertiary/aromatic N) is 4. The van der Waals surface area contributed by atoms with Crippen LogP contribution in [0.25, 0.3) is 0 Å². The Morgan fingerprint density at radius 3 is 2.38 bits per heavy atom. The first-order valence-corrected chi connectivity index (χ1v) is 13.6. The molecule has 0 aliphatic carbocycles. The number of nitro benzene ring substituents is 1. The van der Waals surface area contributed by atoms with Gasteiger partial charge in [0, 0.05) is 74.2 Å². The summed E-state index contributed by atoms with van der Waals surface area (Å²) in [6.45, 7) is 5.93. The van der Waals surface area contributed by atoms with Gasteiger partial charge in [-0.25, -0.2) is 0 Å². The summed E-state index contributed by atoms with van der Waals surface area (Å²) in [7, 11) is 0. The molecule has 210 valence electrons. The number of carbonyl (C=O) groups excluding carboxylic acids is 1. The summed E-state index contributed by atoms with van der Waals surface area (Å²) in [5.41, 5.74) is -0.899. The quantitative estimate of drug-likeness (QED) is 0.353. The number of nitrogens with one attached hydrogen (secondary N) is 1. The van der Waals surface area contributed by atoms with Crippen LogP contribution in [0.3, 0.4) is 0 Å². The third kappa shape index (κ3) is 6.41. The van der Waals surface area contributed by atoms with Crippen LogP contribution in [0.15, 0.2) is 42.5 Å². The molecular weight excluding hydrogens is 535 g/mol. The molecule has 1 amide bonds. The van der Waals surface area contributed by atoms with Crippen LogP contribution in [-0.2, 0) is 11.0 Å². The number of halogens is 4. The van der Waals surface area contributed by atoms with E-state index in [9.17, 15) is 28.1 Å². The van der Waals surface area contributed by atoms with Crippen molar-refractivity contribution in [1.29, 1.82) is 0 Å². The molecule has 0 saturated carbocycles. The van der Waals surface area contributed by atoms with Crippen LogP contribution in [0.4, 0.5) is 30.2 Å². The number of benzene rings is 2. The number of hydrogen-bond acceptors (Lipinski definition) is 6. The zero-order valence-electron chi connectivity index (χ0n) is 21.4. The van der Waals surface area contributed by atoms with Crippen LogP contribution >= 0.6 is 11.6 Å². The average Bonchev–Trinajstić information content (AvgIpc) is 3.59. The maximum Gasteiger partial charge on any atom is 0.423 e. The summed E-state index contributed by atoms with van der Waals surface area (Å²) in [6, 6.07) is 10.7. The van der Waals surface area contributed by atoms with E-state index in [1.54, 1.807) is 4.90 Å². The van der Waals surface area contributed by atoms with Crippen LogP contribution < -0.4 is 10.2 Å². The largest absolute Gasteiger partial charge is 0.423 e. The first kappa shape index (κ1) is 27.5. The molecule has 0 bridgehead atoms. The summed E-state index contributed by atoms with van der Waals surface area (Å²) in [4.78, 5) is 29.3. The zero-order chi connectivity index (χ0) is 27.7. The van der Waals surface area contributed by atoms with E-state index < -0.39 is 22.4 Å². The molecular formula is C27H31ClF3N5O3. The fraction of sp³-hybridized carbons (Fsp3) is 0.519. The molecule has 3 saturated heterocycles. The molecule has 3 heterocycles. The zero-order valence-corrected chi connectivity index (χ0v) is 22.1. The average molecular weight is 566 g/mol. The van der Waals surface area contributed by atoms with Gasteiger partial charge in [-0.2, -0.15) is 13.2 Å². The molecule has 1 N–H and O–H groups in total. The summed E-state index contributed by atoms with van der Waals surface area (Å²) in [5.74, 6) is 1.30. The minimum atomic E-state index is -4.83. The van der Waals surface area contributed by atoms with Gasteiger partial charge >= 0.3 is 6.18 Å². The molecule has 8 nitrogen and oxygen atoms in total. The van der Waals surface area contributed by atoms with Crippen molar-refractivity contribution in [3.8, 4) is 0 Å². The molecule has 3 fully saturated rings. The highest BCUT2D eigenvalue weighted by Crippen LogP contribution is 2.38. The van der Waals surface area contributed by atoms with Crippen molar-refractivity contribution in [2.45, 2.75) is 31.5 Å². The Hall–Kier alpha value is -3.05. The lowest BCUT2D eigenvalue weighted by atomic mass is 10.0. The molecule has 0 spiro atoms. The number of likely N-dealkylation sites (tertiary alicyclic amines) is 2. The highest BCUT2D eigenvalue weighted by Gasteiger charge is 2.40. The lowest BCUT2D eigenvalue weighted by Crippen LogP contribution is -2.33. The van der Waals surface area contributed by atoms with E-state index in [4.69, 9.17) is 11.6 Å². The number of amides is 1. The van der Waals surface area contributed by atoms with E-state index in [2.05, 4.69) is 27.2 Å². The van der Waals surface area contributed by atoms with Crippen LogP contribution in [-0.4, -0.2) is 72.5 Å². The van der Waals surface area contributed by atoms with Crippen LogP contribution in [0.5, 0.6) is 0 Å². The molecule has 12 heteroatoms. The van der Waals surface area contributed by atoms with Gasteiger partial charge in [0.25, 0.3) is 5.69 Å². The fourth-order valence-corrected chi connectivity index (χ4v) is 6.23. The maximum absolute atomic E-state index is 13.3. The van der Waals surface area contributed by atoms with Crippen molar-refractivity contribution in [3.05, 3.63) is 63.2 Å². The number of carbonyl (C=O) groups is 1. The first-order chi connectivity index (χ1) is 18.6. The van der Waals surface area contributed by atoms with Crippen LogP contribution in [0.1, 0.15) is 24.8 Å². The van der Waals surface area contributed by atoms with Crippen molar-refractivity contribution < 1.29 is 22.9 Å². The molecule has 2 unspecified atom stereocenters. The topological polar surface area (TPSA) is 82.0 Å². The number of rotatable bonds is 8. The number of fused-ring (bicyclic) bond motifs is 1. The second-order valence-corrected chi connectivity index (χ2v) is 11.2. The summed E-state index contributed by atoms with van der Waals surface area (Å²) in [5, 5.41) is 14.7. The van der Waals surface area contributed by atoms with Crippen molar-refractivity contribution in [2.75, 3.05) is 56.0 Å². The Morgan fingerprint density at radius 2 is 1.74 bits per heavy atom. The van der Waals surface area contributed by atoms with Crippen molar-refractivity contribution in [2.24, 2.45) is 11.8 Å². The number of anilines is 2. The van der Waals surface area contributed by atoms with Gasteiger partial charge in [0.2, 0.25) is 5.91 Å². The van der Waals surface area contributed by atoms with Gasteiger partial charge in [-0.15, -0.1) is 0 Å². The molecule has 2 aromatic carbocycles. The molecule has 3 aliphatic heterocycles. The Bertz CT molecular complexity index is 1200. The van der Waals surface area contributed by atoms with Gasteiger partial charge in [-0.1, -0.05) is 11.6 Å².